The highest BCUT2D eigenvalue weighted by Gasteiger charge is 2.33. The number of hydrogen-bond acceptors (Lipinski definition) is 2. The Morgan fingerprint density at radius 1 is 1.33 bits per heavy atom. The molecule has 0 amide bonds. The van der Waals surface area contributed by atoms with E-state index in [1.54, 1.807) is 6.33 Å². The van der Waals surface area contributed by atoms with Crippen LogP contribution in [0, 0.1) is 18.3 Å². The summed E-state index contributed by atoms with van der Waals surface area (Å²) in [7, 11) is 0. The Morgan fingerprint density at radius 2 is 2.06 bits per heavy atom. The van der Waals surface area contributed by atoms with Gasteiger partial charge in [-0.2, -0.15) is 0 Å². The lowest BCUT2D eigenvalue weighted by molar-refractivity contribution is 0.130. The highest BCUT2D eigenvalue weighted by molar-refractivity contribution is 5.08. The van der Waals surface area contributed by atoms with Crippen LogP contribution in [0.4, 0.5) is 0 Å². The van der Waals surface area contributed by atoms with Crippen molar-refractivity contribution in [3.8, 4) is 0 Å². The minimum absolute atomic E-state index is 0.401. The number of H-pyrrole nitrogens is 1. The van der Waals surface area contributed by atoms with Crippen LogP contribution in [-0.4, -0.2) is 16.0 Å². The molecule has 0 saturated heterocycles. The third-order valence-corrected chi connectivity index (χ3v) is 4.34. The second-order valence-electron chi connectivity index (χ2n) is 6.72. The number of aromatic nitrogens is 2. The summed E-state index contributed by atoms with van der Waals surface area (Å²) in [4.78, 5) is 7.52. The van der Waals surface area contributed by atoms with Gasteiger partial charge in [0.25, 0.3) is 0 Å². The van der Waals surface area contributed by atoms with Crippen molar-refractivity contribution >= 4 is 0 Å². The molecule has 2 rings (SSSR count). The minimum Gasteiger partial charge on any atom is -0.348 e. The molecule has 1 saturated carbocycles. The first-order valence-electron chi connectivity index (χ1n) is 7.20. The number of nitrogens with one attached hydrogen (secondary N) is 2. The van der Waals surface area contributed by atoms with Gasteiger partial charge in [0.15, 0.2) is 0 Å². The predicted molar refractivity (Wildman–Crippen MR) is 75.4 cm³/mol. The van der Waals surface area contributed by atoms with Crippen molar-refractivity contribution in [1.29, 1.82) is 0 Å². The summed E-state index contributed by atoms with van der Waals surface area (Å²) in [6.07, 6.45) is 7.21. The fraction of sp³-hybridized carbons (Fsp3) is 0.800. The minimum atomic E-state index is 0.401. The number of aryl methyl sites for hydroxylation is 1. The van der Waals surface area contributed by atoms with Crippen LogP contribution < -0.4 is 5.32 Å². The van der Waals surface area contributed by atoms with E-state index >= 15 is 0 Å². The molecular weight excluding hydrogens is 222 g/mol. The number of aromatic amines is 1. The van der Waals surface area contributed by atoms with E-state index in [1.807, 2.05) is 0 Å². The van der Waals surface area contributed by atoms with Gasteiger partial charge in [-0.05, 0) is 31.1 Å². The summed E-state index contributed by atoms with van der Waals surface area (Å²) in [5.41, 5.74) is 2.75. The summed E-state index contributed by atoms with van der Waals surface area (Å²) >= 11 is 0. The van der Waals surface area contributed by atoms with Crippen molar-refractivity contribution in [3.05, 3.63) is 17.7 Å². The standard InChI is InChI=1S/C15H27N3/c1-11-14(18-10-17-11)9-16-13-8-6-5-7-12(13)15(2,3)4/h10,12-13,16H,5-9H2,1-4H3,(H,17,18). The van der Waals surface area contributed by atoms with Crippen LogP contribution in [0.1, 0.15) is 57.8 Å². The molecule has 0 aromatic carbocycles. The van der Waals surface area contributed by atoms with Gasteiger partial charge in [-0.3, -0.25) is 0 Å². The first-order valence-corrected chi connectivity index (χ1v) is 7.20. The number of hydrogen-bond donors (Lipinski definition) is 2. The van der Waals surface area contributed by atoms with Crippen molar-refractivity contribution in [1.82, 2.24) is 15.3 Å². The van der Waals surface area contributed by atoms with Gasteiger partial charge in [-0.15, -0.1) is 0 Å². The Bertz CT molecular complexity index is 375. The Hall–Kier alpha value is -0.830. The zero-order valence-electron chi connectivity index (χ0n) is 12.2. The van der Waals surface area contributed by atoms with Gasteiger partial charge in [0.1, 0.15) is 0 Å². The van der Waals surface area contributed by atoms with Crippen LogP contribution in [0.5, 0.6) is 0 Å². The fourth-order valence-corrected chi connectivity index (χ4v) is 3.20. The molecule has 2 atom stereocenters. The van der Waals surface area contributed by atoms with E-state index in [0.29, 0.717) is 11.5 Å². The van der Waals surface area contributed by atoms with Crippen LogP contribution in [0.2, 0.25) is 0 Å². The van der Waals surface area contributed by atoms with Crippen LogP contribution in [0.3, 0.4) is 0 Å². The lowest BCUT2D eigenvalue weighted by Gasteiger charge is -2.41. The maximum Gasteiger partial charge on any atom is 0.0925 e. The third-order valence-electron chi connectivity index (χ3n) is 4.34. The molecule has 1 aliphatic carbocycles. The summed E-state index contributed by atoms with van der Waals surface area (Å²) in [6, 6.07) is 0.648. The summed E-state index contributed by atoms with van der Waals surface area (Å²) in [5.74, 6) is 0.783. The molecule has 1 heterocycles. The van der Waals surface area contributed by atoms with E-state index in [-0.39, 0.29) is 0 Å². The molecule has 1 fully saturated rings. The van der Waals surface area contributed by atoms with Crippen LogP contribution in [-0.2, 0) is 6.54 Å². The maximum atomic E-state index is 4.37. The van der Waals surface area contributed by atoms with Crippen molar-refractivity contribution in [2.24, 2.45) is 11.3 Å². The van der Waals surface area contributed by atoms with Gasteiger partial charge in [0.2, 0.25) is 0 Å². The van der Waals surface area contributed by atoms with Gasteiger partial charge in [0.05, 0.1) is 12.0 Å². The van der Waals surface area contributed by atoms with Crippen LogP contribution in [0.15, 0.2) is 6.33 Å². The molecule has 102 valence electrons. The first-order chi connectivity index (χ1) is 8.48. The second-order valence-corrected chi connectivity index (χ2v) is 6.72. The third kappa shape index (κ3) is 3.14. The number of rotatable bonds is 3. The summed E-state index contributed by atoms with van der Waals surface area (Å²) < 4.78 is 0. The molecule has 18 heavy (non-hydrogen) atoms. The average molecular weight is 249 g/mol. The molecule has 1 aromatic heterocycles. The maximum absolute atomic E-state index is 4.37. The molecule has 0 spiro atoms. The first kappa shape index (κ1) is 13.6. The van der Waals surface area contributed by atoms with E-state index in [9.17, 15) is 0 Å². The Balaban J connectivity index is 1.96. The monoisotopic (exact) mass is 249 g/mol. The Morgan fingerprint density at radius 3 is 2.67 bits per heavy atom. The fourth-order valence-electron chi connectivity index (χ4n) is 3.20. The molecule has 3 heteroatoms. The van der Waals surface area contributed by atoms with Crippen molar-refractivity contribution in [2.75, 3.05) is 0 Å². The number of imidazole rings is 1. The molecule has 3 nitrogen and oxygen atoms in total. The molecule has 1 aliphatic rings. The SMILES string of the molecule is Cc1[nH]cnc1CNC1CCCCC1C(C)(C)C. The molecule has 1 aromatic rings. The normalized spacial score (nSPS) is 25.3. The van der Waals surface area contributed by atoms with Gasteiger partial charge < -0.3 is 10.3 Å². The lowest BCUT2D eigenvalue weighted by atomic mass is 9.69. The average Bonchev–Trinajstić information content (AvgIpc) is 2.71. The summed E-state index contributed by atoms with van der Waals surface area (Å²) in [6.45, 7) is 10.1. The van der Waals surface area contributed by atoms with E-state index in [4.69, 9.17) is 0 Å². The zero-order chi connectivity index (χ0) is 13.2. The molecular formula is C15H27N3. The van der Waals surface area contributed by atoms with Crippen molar-refractivity contribution in [2.45, 2.75) is 66.0 Å². The molecule has 2 unspecified atom stereocenters. The smallest absolute Gasteiger partial charge is 0.0925 e. The van der Waals surface area contributed by atoms with Crippen molar-refractivity contribution < 1.29 is 0 Å². The molecule has 0 bridgehead atoms. The number of nitrogens with zero attached hydrogens (tertiary/aromatic N) is 1. The van der Waals surface area contributed by atoms with Gasteiger partial charge >= 0.3 is 0 Å². The van der Waals surface area contributed by atoms with Gasteiger partial charge in [-0.25, -0.2) is 4.98 Å². The molecule has 0 radical (unpaired) electrons. The lowest BCUT2D eigenvalue weighted by Crippen LogP contribution is -2.44. The second kappa shape index (κ2) is 5.43. The van der Waals surface area contributed by atoms with E-state index in [1.165, 1.54) is 31.4 Å². The van der Waals surface area contributed by atoms with E-state index < -0.39 is 0 Å². The predicted octanol–water partition coefficient (Wildman–Crippen LogP) is 3.41. The zero-order valence-corrected chi connectivity index (χ0v) is 12.2. The highest BCUT2D eigenvalue weighted by atomic mass is 15.0. The molecule has 0 aliphatic heterocycles. The molecule has 2 N–H and O–H groups in total. The van der Waals surface area contributed by atoms with E-state index in [0.717, 1.165) is 18.2 Å². The summed E-state index contributed by atoms with van der Waals surface area (Å²) in [5, 5.41) is 3.74. The van der Waals surface area contributed by atoms with Crippen molar-refractivity contribution in [3.63, 3.8) is 0 Å². The van der Waals surface area contributed by atoms with Crippen LogP contribution >= 0.6 is 0 Å². The highest BCUT2D eigenvalue weighted by Crippen LogP contribution is 2.38. The topological polar surface area (TPSA) is 40.7 Å². The largest absolute Gasteiger partial charge is 0.348 e. The Kier molecular flexibility index (Phi) is 4.10. The quantitative estimate of drug-likeness (QED) is 0.862. The Labute approximate surface area is 111 Å². The van der Waals surface area contributed by atoms with Gasteiger partial charge in [-0.1, -0.05) is 33.6 Å². The van der Waals surface area contributed by atoms with Gasteiger partial charge in [0, 0.05) is 18.3 Å². The van der Waals surface area contributed by atoms with Crippen LogP contribution in [0.25, 0.3) is 0 Å². The van der Waals surface area contributed by atoms with E-state index in [2.05, 4.69) is 43.0 Å².